The van der Waals surface area contributed by atoms with Crippen molar-refractivity contribution in [1.82, 2.24) is 0 Å². The number of nitrogens with zero attached hydrogens (tertiary/aromatic N) is 1. The van der Waals surface area contributed by atoms with Crippen LogP contribution in [0.5, 0.6) is 5.75 Å². The van der Waals surface area contributed by atoms with Gasteiger partial charge in [-0.25, -0.2) is 0 Å². The fourth-order valence-electron chi connectivity index (χ4n) is 3.86. The van der Waals surface area contributed by atoms with E-state index in [9.17, 15) is 13.2 Å². The monoisotopic (exact) mass is 442 g/mol. The van der Waals surface area contributed by atoms with Gasteiger partial charge in [0.15, 0.2) is 0 Å². The summed E-state index contributed by atoms with van der Waals surface area (Å²) in [5, 5.41) is 9.11. The Kier molecular flexibility index (Phi) is 5.93. The van der Waals surface area contributed by atoms with Gasteiger partial charge in [-0.3, -0.25) is 0 Å². The zero-order valence-corrected chi connectivity index (χ0v) is 18.0. The molecule has 4 aromatic carbocycles. The van der Waals surface area contributed by atoms with Gasteiger partial charge in [-0.2, -0.15) is 18.4 Å². The molecule has 2 nitrogen and oxygen atoms in total. The zero-order valence-electron chi connectivity index (χ0n) is 18.0. The van der Waals surface area contributed by atoms with Crippen molar-refractivity contribution in [3.8, 4) is 45.2 Å². The Labute approximate surface area is 190 Å². The van der Waals surface area contributed by atoms with Crippen molar-refractivity contribution in [1.29, 1.82) is 5.26 Å². The molecule has 0 heterocycles. The molecular formula is C28H19F3NO. The van der Waals surface area contributed by atoms with Gasteiger partial charge < -0.3 is 4.74 Å². The molecule has 0 unspecified atom stereocenters. The van der Waals surface area contributed by atoms with E-state index in [1.807, 2.05) is 49.4 Å². The fraction of sp³-hybridized carbons (Fsp3) is 0.107. The minimum atomic E-state index is -4.40. The van der Waals surface area contributed by atoms with Crippen LogP contribution in [0.25, 0.3) is 33.4 Å². The maximum atomic E-state index is 13.1. The minimum Gasteiger partial charge on any atom is -0.497 e. The maximum Gasteiger partial charge on any atom is 0.416 e. The van der Waals surface area contributed by atoms with Crippen molar-refractivity contribution < 1.29 is 17.9 Å². The van der Waals surface area contributed by atoms with Crippen LogP contribution in [0.15, 0.2) is 78.9 Å². The van der Waals surface area contributed by atoms with Crippen LogP contribution < -0.4 is 4.74 Å². The Hall–Kier alpha value is -4.04. The smallest absolute Gasteiger partial charge is 0.416 e. The molecule has 0 aromatic heterocycles. The highest BCUT2D eigenvalue weighted by molar-refractivity contribution is 5.90. The first-order valence-corrected chi connectivity index (χ1v) is 10.2. The van der Waals surface area contributed by atoms with E-state index in [1.54, 1.807) is 19.2 Å². The van der Waals surface area contributed by atoms with Crippen LogP contribution in [-0.2, 0) is 6.18 Å². The molecule has 0 atom stereocenters. The standard InChI is InChI=1S/C28H19F3NO/c1-18-25(20-9-13-24(33-2)14-10-20)15-16-26(21-5-3-19(17-32)4-6-21)27(18)22-7-11-23(12-8-22)28(29,30)31/h3-14,16H,1-2H3. The third-order valence-corrected chi connectivity index (χ3v) is 5.58. The molecule has 1 radical (unpaired) electrons. The lowest BCUT2D eigenvalue weighted by Gasteiger charge is -2.18. The largest absolute Gasteiger partial charge is 0.497 e. The molecule has 5 heteroatoms. The molecule has 0 saturated carbocycles. The Balaban J connectivity index is 1.91. The summed E-state index contributed by atoms with van der Waals surface area (Å²) in [4.78, 5) is 0. The van der Waals surface area contributed by atoms with Crippen LogP contribution in [0, 0.1) is 24.3 Å². The predicted octanol–water partition coefficient (Wildman–Crippen LogP) is 7.70. The van der Waals surface area contributed by atoms with Gasteiger partial charge in [0.25, 0.3) is 0 Å². The summed E-state index contributed by atoms with van der Waals surface area (Å²) in [6.07, 6.45) is -4.40. The van der Waals surface area contributed by atoms with Gasteiger partial charge in [0.1, 0.15) is 5.75 Å². The summed E-state index contributed by atoms with van der Waals surface area (Å²) in [5.41, 5.74) is 5.67. The molecule has 163 valence electrons. The Morgan fingerprint density at radius 2 is 1.39 bits per heavy atom. The fourth-order valence-corrected chi connectivity index (χ4v) is 3.86. The van der Waals surface area contributed by atoms with Gasteiger partial charge in [-0.15, -0.1) is 0 Å². The second kappa shape index (κ2) is 8.84. The third kappa shape index (κ3) is 4.47. The Bertz CT molecular complexity index is 1310. The number of benzene rings is 4. The quantitative estimate of drug-likeness (QED) is 0.324. The van der Waals surface area contributed by atoms with Gasteiger partial charge >= 0.3 is 6.18 Å². The second-order valence-corrected chi connectivity index (χ2v) is 7.57. The lowest BCUT2D eigenvalue weighted by Crippen LogP contribution is -2.04. The number of nitriles is 1. The van der Waals surface area contributed by atoms with Crippen LogP contribution >= 0.6 is 0 Å². The second-order valence-electron chi connectivity index (χ2n) is 7.57. The van der Waals surface area contributed by atoms with Crippen LogP contribution in [0.2, 0.25) is 0 Å². The van der Waals surface area contributed by atoms with Crippen molar-refractivity contribution in [3.63, 3.8) is 0 Å². The van der Waals surface area contributed by atoms with Gasteiger partial charge in [0, 0.05) is 0 Å². The number of ether oxygens (including phenoxy) is 1. The average Bonchev–Trinajstić information content (AvgIpc) is 2.83. The van der Waals surface area contributed by atoms with E-state index in [4.69, 9.17) is 10.00 Å². The molecule has 0 spiro atoms. The molecule has 33 heavy (non-hydrogen) atoms. The van der Waals surface area contributed by atoms with E-state index in [0.717, 1.165) is 51.3 Å². The number of rotatable bonds is 4. The van der Waals surface area contributed by atoms with Crippen molar-refractivity contribution in [2.24, 2.45) is 0 Å². The lowest BCUT2D eigenvalue weighted by molar-refractivity contribution is -0.137. The summed E-state index contributed by atoms with van der Waals surface area (Å²) in [6.45, 7) is 1.94. The minimum absolute atomic E-state index is 0.533. The highest BCUT2D eigenvalue weighted by Gasteiger charge is 2.30. The first-order valence-electron chi connectivity index (χ1n) is 10.2. The zero-order chi connectivity index (χ0) is 23.6. The molecule has 4 aromatic rings. The van der Waals surface area contributed by atoms with Crippen LogP contribution in [0.4, 0.5) is 13.2 Å². The van der Waals surface area contributed by atoms with E-state index in [-0.39, 0.29) is 0 Å². The molecule has 0 saturated heterocycles. The number of methoxy groups -OCH3 is 1. The number of hydrogen-bond donors (Lipinski definition) is 0. The summed E-state index contributed by atoms with van der Waals surface area (Å²) < 4.78 is 44.6. The molecule has 0 fully saturated rings. The number of alkyl halides is 3. The highest BCUT2D eigenvalue weighted by atomic mass is 19.4. The summed E-state index contributed by atoms with van der Waals surface area (Å²) in [5.74, 6) is 0.730. The highest BCUT2D eigenvalue weighted by Crippen LogP contribution is 2.40. The predicted molar refractivity (Wildman–Crippen MR) is 123 cm³/mol. The number of hydrogen-bond acceptors (Lipinski definition) is 2. The van der Waals surface area contributed by atoms with Crippen LogP contribution in [0.3, 0.4) is 0 Å². The summed E-state index contributed by atoms with van der Waals surface area (Å²) in [6, 6.07) is 27.2. The lowest BCUT2D eigenvalue weighted by atomic mass is 9.86. The van der Waals surface area contributed by atoms with Crippen molar-refractivity contribution >= 4 is 0 Å². The molecule has 0 aliphatic carbocycles. The van der Waals surface area contributed by atoms with Gasteiger partial charge in [-0.1, -0.05) is 36.4 Å². The molecular weight excluding hydrogens is 423 g/mol. The first kappa shape index (κ1) is 22.2. The van der Waals surface area contributed by atoms with Crippen molar-refractivity contribution in [2.45, 2.75) is 13.1 Å². The normalized spacial score (nSPS) is 11.2. The first-order chi connectivity index (χ1) is 15.8. The van der Waals surface area contributed by atoms with Gasteiger partial charge in [0.2, 0.25) is 0 Å². The number of halogens is 3. The molecule has 4 rings (SSSR count). The van der Waals surface area contributed by atoms with E-state index in [0.29, 0.717) is 11.1 Å². The van der Waals surface area contributed by atoms with E-state index in [2.05, 4.69) is 12.1 Å². The van der Waals surface area contributed by atoms with Gasteiger partial charge in [0.05, 0.1) is 24.3 Å². The SMILES string of the molecule is COc1ccc(-c2[c]cc(-c3ccc(C#N)cc3)c(-c3ccc(C(F)(F)F)cc3)c2C)cc1. The molecule has 0 N–H and O–H groups in total. The van der Waals surface area contributed by atoms with E-state index >= 15 is 0 Å². The average molecular weight is 442 g/mol. The van der Waals surface area contributed by atoms with Crippen LogP contribution in [0.1, 0.15) is 16.7 Å². The maximum absolute atomic E-state index is 13.1. The van der Waals surface area contributed by atoms with Crippen molar-refractivity contribution in [2.75, 3.05) is 7.11 Å². The van der Waals surface area contributed by atoms with E-state index < -0.39 is 11.7 Å². The third-order valence-electron chi connectivity index (χ3n) is 5.58. The van der Waals surface area contributed by atoms with Crippen LogP contribution in [-0.4, -0.2) is 7.11 Å². The van der Waals surface area contributed by atoms with Crippen molar-refractivity contribution in [3.05, 3.63) is 102 Å². The molecule has 0 aliphatic heterocycles. The molecule has 0 amide bonds. The summed E-state index contributed by atoms with van der Waals surface area (Å²) >= 11 is 0. The molecule has 0 bridgehead atoms. The summed E-state index contributed by atoms with van der Waals surface area (Å²) in [7, 11) is 1.60. The Morgan fingerprint density at radius 3 is 1.94 bits per heavy atom. The van der Waals surface area contributed by atoms with E-state index in [1.165, 1.54) is 12.1 Å². The molecule has 0 aliphatic rings. The van der Waals surface area contributed by atoms with Gasteiger partial charge in [-0.05, 0) is 94.4 Å². The Morgan fingerprint density at radius 1 is 0.818 bits per heavy atom. The topological polar surface area (TPSA) is 33.0 Å².